The fourth-order valence-corrected chi connectivity index (χ4v) is 1.97. The van der Waals surface area contributed by atoms with Crippen molar-refractivity contribution in [2.75, 3.05) is 0 Å². The van der Waals surface area contributed by atoms with Crippen LogP contribution in [0.1, 0.15) is 39.2 Å². The van der Waals surface area contributed by atoms with Crippen molar-refractivity contribution in [1.29, 1.82) is 0 Å². The summed E-state index contributed by atoms with van der Waals surface area (Å²) in [5.41, 5.74) is 3.00. The molecule has 1 aromatic carbocycles. The van der Waals surface area contributed by atoms with E-state index in [9.17, 15) is 0 Å². The molecule has 0 spiro atoms. The van der Waals surface area contributed by atoms with Crippen LogP contribution in [0, 0.1) is 5.41 Å². The molecule has 0 aliphatic rings. The zero-order chi connectivity index (χ0) is 13.7. The van der Waals surface area contributed by atoms with E-state index in [2.05, 4.69) is 62.3 Å². The maximum absolute atomic E-state index is 4.10. The average molecular weight is 291 g/mol. The van der Waals surface area contributed by atoms with E-state index < -0.39 is 0 Å². The summed E-state index contributed by atoms with van der Waals surface area (Å²) in [6.45, 7) is 6.85. The number of hydrogen-bond acceptors (Lipinski definition) is 1. The molecule has 0 saturated carbocycles. The number of hydrogen-bond donors (Lipinski definition) is 0. The predicted molar refractivity (Wildman–Crippen MR) is 88.8 cm³/mol. The highest BCUT2D eigenvalue weighted by molar-refractivity contribution is 5.85. The molecule has 2 nitrogen and oxygen atoms in total. The lowest BCUT2D eigenvalue weighted by Gasteiger charge is -2.19. The van der Waals surface area contributed by atoms with Crippen LogP contribution in [0.15, 0.2) is 49.1 Å². The van der Waals surface area contributed by atoms with E-state index in [4.69, 9.17) is 0 Å². The molecular weight excluding hydrogens is 268 g/mol. The molecule has 2 rings (SSSR count). The maximum atomic E-state index is 4.10. The van der Waals surface area contributed by atoms with E-state index in [1.807, 2.05) is 23.3 Å². The van der Waals surface area contributed by atoms with Crippen LogP contribution in [0.4, 0.5) is 0 Å². The summed E-state index contributed by atoms with van der Waals surface area (Å²) in [6, 6.07) is 10.6. The first kappa shape index (κ1) is 16.5. The third-order valence-electron chi connectivity index (χ3n) is 3.12. The van der Waals surface area contributed by atoms with Crippen molar-refractivity contribution in [2.45, 2.75) is 33.6 Å². The minimum Gasteiger partial charge on any atom is -0.313 e. The van der Waals surface area contributed by atoms with Crippen LogP contribution < -0.4 is 0 Å². The summed E-state index contributed by atoms with van der Waals surface area (Å²) in [5, 5.41) is 0. The zero-order valence-corrected chi connectivity index (χ0v) is 13.2. The van der Waals surface area contributed by atoms with Crippen molar-refractivity contribution in [3.63, 3.8) is 0 Å². The number of nitrogens with zero attached hydrogens (tertiary/aromatic N) is 2. The molecule has 0 saturated heterocycles. The second kappa shape index (κ2) is 7.30. The molecule has 3 heteroatoms. The Labute approximate surface area is 128 Å². The van der Waals surface area contributed by atoms with Gasteiger partial charge in [-0.1, -0.05) is 51.1 Å². The number of imidazole rings is 1. The minimum absolute atomic E-state index is 0. The molecule has 0 atom stereocenters. The lowest BCUT2D eigenvalue weighted by atomic mass is 9.87. The molecule has 0 amide bonds. The summed E-state index contributed by atoms with van der Waals surface area (Å²) < 4.78 is 2.02. The Hall–Kier alpha value is -1.54. The molecule has 1 aromatic heterocycles. The van der Waals surface area contributed by atoms with Gasteiger partial charge in [0.25, 0.3) is 0 Å². The largest absolute Gasteiger partial charge is 0.313 e. The standard InChI is InChI=1S/C17H22N2.ClH/c1-17(2,3)10-9-16(13-19-12-11-18-14-19)15-7-5-4-6-8-15;/h4-8,11-14H,9-10H2,1-3H3;1H/b16-13+;. The monoisotopic (exact) mass is 290 g/mol. The Morgan fingerprint density at radius 2 is 1.90 bits per heavy atom. The van der Waals surface area contributed by atoms with Crippen LogP contribution in [-0.4, -0.2) is 9.55 Å². The van der Waals surface area contributed by atoms with Crippen LogP contribution in [0.5, 0.6) is 0 Å². The van der Waals surface area contributed by atoms with Gasteiger partial charge >= 0.3 is 0 Å². The van der Waals surface area contributed by atoms with E-state index in [-0.39, 0.29) is 12.4 Å². The third kappa shape index (κ3) is 5.22. The second-order valence-corrected chi connectivity index (χ2v) is 6.09. The Balaban J connectivity index is 0.00000200. The lowest BCUT2D eigenvalue weighted by molar-refractivity contribution is 0.384. The smallest absolute Gasteiger partial charge is 0.0986 e. The summed E-state index contributed by atoms with van der Waals surface area (Å²) in [7, 11) is 0. The van der Waals surface area contributed by atoms with E-state index >= 15 is 0 Å². The number of halogens is 1. The molecule has 0 bridgehead atoms. The van der Waals surface area contributed by atoms with E-state index in [1.165, 1.54) is 17.6 Å². The normalized spacial score (nSPS) is 12.1. The quantitative estimate of drug-likeness (QED) is 0.763. The first-order valence-corrected chi connectivity index (χ1v) is 6.78. The summed E-state index contributed by atoms with van der Waals surface area (Å²) in [4.78, 5) is 4.10. The van der Waals surface area contributed by atoms with Gasteiger partial charge in [-0.15, -0.1) is 12.4 Å². The summed E-state index contributed by atoms with van der Waals surface area (Å²) >= 11 is 0. The van der Waals surface area contributed by atoms with Crippen LogP contribution >= 0.6 is 12.4 Å². The molecule has 20 heavy (non-hydrogen) atoms. The highest BCUT2D eigenvalue weighted by Crippen LogP contribution is 2.28. The van der Waals surface area contributed by atoms with E-state index in [0.29, 0.717) is 5.41 Å². The van der Waals surface area contributed by atoms with Crippen LogP contribution in [0.2, 0.25) is 0 Å². The van der Waals surface area contributed by atoms with Gasteiger partial charge in [-0.3, -0.25) is 0 Å². The van der Waals surface area contributed by atoms with Gasteiger partial charge in [-0.05, 0) is 29.4 Å². The van der Waals surface area contributed by atoms with Crippen LogP contribution in [0.25, 0.3) is 11.8 Å². The SMILES string of the molecule is CC(C)(C)CC/C(=C\n1ccnc1)c1ccccc1.Cl. The molecule has 0 aliphatic heterocycles. The van der Waals surface area contributed by atoms with Gasteiger partial charge in [0.15, 0.2) is 0 Å². The summed E-state index contributed by atoms with van der Waals surface area (Å²) in [5.74, 6) is 0. The molecule has 0 radical (unpaired) electrons. The topological polar surface area (TPSA) is 17.8 Å². The number of allylic oxidation sites excluding steroid dienone is 1. The fourth-order valence-electron chi connectivity index (χ4n) is 1.97. The van der Waals surface area contributed by atoms with Crippen molar-refractivity contribution in [1.82, 2.24) is 9.55 Å². The molecule has 1 heterocycles. The first-order chi connectivity index (χ1) is 9.04. The Bertz CT molecular complexity index is 522. The van der Waals surface area contributed by atoms with E-state index in [0.717, 1.165) is 6.42 Å². The Morgan fingerprint density at radius 3 is 2.45 bits per heavy atom. The Morgan fingerprint density at radius 1 is 1.20 bits per heavy atom. The molecule has 0 unspecified atom stereocenters. The van der Waals surface area contributed by atoms with Gasteiger partial charge < -0.3 is 4.57 Å². The average Bonchev–Trinajstić information content (AvgIpc) is 2.87. The van der Waals surface area contributed by atoms with Crippen molar-refractivity contribution in [2.24, 2.45) is 5.41 Å². The van der Waals surface area contributed by atoms with Crippen molar-refractivity contribution < 1.29 is 0 Å². The molecule has 0 fully saturated rings. The molecule has 0 aliphatic carbocycles. The van der Waals surface area contributed by atoms with E-state index in [1.54, 1.807) is 0 Å². The number of benzene rings is 1. The van der Waals surface area contributed by atoms with Gasteiger partial charge in [0.05, 0.1) is 6.33 Å². The highest BCUT2D eigenvalue weighted by Gasteiger charge is 2.12. The summed E-state index contributed by atoms with van der Waals surface area (Å²) in [6.07, 6.45) is 10.0. The van der Waals surface area contributed by atoms with Crippen molar-refractivity contribution >= 4 is 24.2 Å². The highest BCUT2D eigenvalue weighted by atomic mass is 35.5. The predicted octanol–water partition coefficient (Wildman–Crippen LogP) is 5.13. The second-order valence-electron chi connectivity index (χ2n) is 6.09. The van der Waals surface area contributed by atoms with Crippen molar-refractivity contribution in [3.8, 4) is 0 Å². The minimum atomic E-state index is 0. The number of aromatic nitrogens is 2. The van der Waals surface area contributed by atoms with Crippen LogP contribution in [0.3, 0.4) is 0 Å². The van der Waals surface area contributed by atoms with Gasteiger partial charge in [0.1, 0.15) is 0 Å². The zero-order valence-electron chi connectivity index (χ0n) is 12.4. The van der Waals surface area contributed by atoms with Gasteiger partial charge in [-0.2, -0.15) is 0 Å². The van der Waals surface area contributed by atoms with Crippen LogP contribution in [-0.2, 0) is 0 Å². The molecular formula is C17H23ClN2. The molecule has 2 aromatic rings. The van der Waals surface area contributed by atoms with Gasteiger partial charge in [0, 0.05) is 18.6 Å². The lowest BCUT2D eigenvalue weighted by Crippen LogP contribution is -2.05. The molecule has 0 N–H and O–H groups in total. The maximum Gasteiger partial charge on any atom is 0.0986 e. The third-order valence-corrected chi connectivity index (χ3v) is 3.12. The first-order valence-electron chi connectivity index (χ1n) is 6.78. The number of rotatable bonds is 4. The van der Waals surface area contributed by atoms with Crippen molar-refractivity contribution in [3.05, 3.63) is 54.6 Å². The van der Waals surface area contributed by atoms with Gasteiger partial charge in [-0.25, -0.2) is 4.98 Å². The Kier molecular flexibility index (Phi) is 6.03. The van der Waals surface area contributed by atoms with Gasteiger partial charge in [0.2, 0.25) is 0 Å². The molecule has 108 valence electrons. The fraction of sp³-hybridized carbons (Fsp3) is 0.353.